The molecule has 0 atom stereocenters. The average Bonchev–Trinajstić information content (AvgIpc) is 3.26. The molecule has 54 heavy (non-hydrogen) atoms. The maximum absolute atomic E-state index is 5.21. The third-order valence-electron chi connectivity index (χ3n) is 10.5. The molecule has 0 radical (unpaired) electrons. The Morgan fingerprint density at radius 3 is 1.50 bits per heavy atom. The number of nitrogens with zero attached hydrogens (tertiary/aromatic N) is 2. The summed E-state index contributed by atoms with van der Waals surface area (Å²) in [5.41, 5.74) is 12.0. The molecule has 9 aromatic carbocycles. The number of aromatic nitrogens is 2. The van der Waals surface area contributed by atoms with Crippen LogP contribution in [-0.2, 0) is 0 Å². The summed E-state index contributed by atoms with van der Waals surface area (Å²) < 4.78 is 0. The van der Waals surface area contributed by atoms with E-state index in [4.69, 9.17) is 9.97 Å². The lowest BCUT2D eigenvalue weighted by atomic mass is 9.89. The second kappa shape index (κ2) is 13.4. The van der Waals surface area contributed by atoms with Crippen molar-refractivity contribution in [3.8, 4) is 67.3 Å². The summed E-state index contributed by atoms with van der Waals surface area (Å²) in [7, 11) is 0. The summed E-state index contributed by atoms with van der Waals surface area (Å²) in [5.74, 6) is 0.698. The number of benzene rings is 9. The summed E-state index contributed by atoms with van der Waals surface area (Å²) in [6.45, 7) is 0. The molecule has 2 heteroatoms. The van der Waals surface area contributed by atoms with Crippen molar-refractivity contribution in [3.63, 3.8) is 0 Å². The molecule has 10 aromatic rings. The van der Waals surface area contributed by atoms with Crippen LogP contribution < -0.4 is 0 Å². The minimum Gasteiger partial charge on any atom is -0.228 e. The van der Waals surface area contributed by atoms with Gasteiger partial charge in [-0.3, -0.25) is 0 Å². The van der Waals surface area contributed by atoms with Gasteiger partial charge in [0.05, 0.1) is 11.4 Å². The van der Waals surface area contributed by atoms with Gasteiger partial charge in [0.2, 0.25) is 0 Å². The van der Waals surface area contributed by atoms with Gasteiger partial charge in [0.1, 0.15) is 0 Å². The van der Waals surface area contributed by atoms with Gasteiger partial charge >= 0.3 is 0 Å². The Labute approximate surface area is 314 Å². The van der Waals surface area contributed by atoms with Crippen LogP contribution >= 0.6 is 0 Å². The molecule has 0 amide bonds. The zero-order valence-electron chi connectivity index (χ0n) is 29.5. The molecule has 2 nitrogen and oxygen atoms in total. The molecule has 0 aliphatic carbocycles. The molecule has 1 heterocycles. The van der Waals surface area contributed by atoms with E-state index in [9.17, 15) is 0 Å². The van der Waals surface area contributed by atoms with Crippen LogP contribution in [0, 0.1) is 0 Å². The van der Waals surface area contributed by atoms with E-state index < -0.39 is 0 Å². The maximum atomic E-state index is 5.21. The maximum Gasteiger partial charge on any atom is 0.160 e. The van der Waals surface area contributed by atoms with Crippen LogP contribution in [0.5, 0.6) is 0 Å². The molecule has 252 valence electrons. The van der Waals surface area contributed by atoms with Crippen molar-refractivity contribution in [2.45, 2.75) is 0 Å². The third kappa shape index (κ3) is 5.81. The Hall–Kier alpha value is -7.16. The summed E-state index contributed by atoms with van der Waals surface area (Å²) in [4.78, 5) is 10.4. The van der Waals surface area contributed by atoms with Crippen LogP contribution in [0.3, 0.4) is 0 Å². The standard InChI is InChI=1S/C52H34N2/c1-3-12-35(13-4-1)36-22-24-37(25-23-36)42-18-11-19-44(32-42)50-34-49(39-15-5-2-6-16-39)53-52(54-50)41-28-26-40(27-29-41)51-46-21-10-8-17-43(46)33-48-45-20-9-7-14-38(45)30-31-47(48)51/h1-34H. The molecule has 0 bridgehead atoms. The summed E-state index contributed by atoms with van der Waals surface area (Å²) in [6.07, 6.45) is 0. The first-order valence-electron chi connectivity index (χ1n) is 18.4. The van der Waals surface area contributed by atoms with Crippen LogP contribution in [0.1, 0.15) is 0 Å². The van der Waals surface area contributed by atoms with Crippen molar-refractivity contribution in [1.29, 1.82) is 0 Å². The Morgan fingerprint density at radius 2 is 0.759 bits per heavy atom. The monoisotopic (exact) mass is 686 g/mol. The Balaban J connectivity index is 1.06. The van der Waals surface area contributed by atoms with Crippen LogP contribution in [-0.4, -0.2) is 9.97 Å². The largest absolute Gasteiger partial charge is 0.228 e. The fourth-order valence-corrected chi connectivity index (χ4v) is 7.74. The van der Waals surface area contributed by atoms with Crippen LogP contribution in [0.2, 0.25) is 0 Å². The number of fused-ring (bicyclic) bond motifs is 4. The molecule has 1 aromatic heterocycles. The second-order valence-corrected chi connectivity index (χ2v) is 13.8. The lowest BCUT2D eigenvalue weighted by Gasteiger charge is -2.15. The highest BCUT2D eigenvalue weighted by Gasteiger charge is 2.15. The van der Waals surface area contributed by atoms with Gasteiger partial charge in [0, 0.05) is 16.7 Å². The van der Waals surface area contributed by atoms with Crippen LogP contribution in [0.15, 0.2) is 206 Å². The van der Waals surface area contributed by atoms with E-state index in [0.717, 1.165) is 33.6 Å². The van der Waals surface area contributed by atoms with Crippen molar-refractivity contribution in [3.05, 3.63) is 206 Å². The van der Waals surface area contributed by atoms with Crippen LogP contribution in [0.4, 0.5) is 0 Å². The van der Waals surface area contributed by atoms with Gasteiger partial charge in [-0.15, -0.1) is 0 Å². The van der Waals surface area contributed by atoms with E-state index in [-0.39, 0.29) is 0 Å². The van der Waals surface area contributed by atoms with Crippen molar-refractivity contribution >= 4 is 32.3 Å². The molecule has 0 N–H and O–H groups in total. The SMILES string of the molecule is c1ccc(-c2ccc(-c3cccc(-c4cc(-c5ccccc5)nc(-c5ccc(-c6c7ccccc7cc7c6ccc6ccccc67)cc5)n4)c3)cc2)cc1. The average molecular weight is 687 g/mol. The fraction of sp³-hybridized carbons (Fsp3) is 0. The predicted molar refractivity (Wildman–Crippen MR) is 227 cm³/mol. The van der Waals surface area contributed by atoms with Crippen LogP contribution in [0.25, 0.3) is 99.6 Å². The molecular weight excluding hydrogens is 653 g/mol. The number of rotatable bonds is 6. The van der Waals surface area contributed by atoms with Gasteiger partial charge in [-0.05, 0) is 83.9 Å². The normalized spacial score (nSPS) is 11.3. The highest BCUT2D eigenvalue weighted by atomic mass is 14.9. The quantitative estimate of drug-likeness (QED) is 0.129. The number of hydrogen-bond donors (Lipinski definition) is 0. The first-order chi connectivity index (χ1) is 26.7. The Bertz CT molecular complexity index is 2950. The fourth-order valence-electron chi connectivity index (χ4n) is 7.74. The van der Waals surface area contributed by atoms with E-state index in [1.54, 1.807) is 0 Å². The lowest BCUT2D eigenvalue weighted by molar-refractivity contribution is 1.18. The van der Waals surface area contributed by atoms with E-state index in [0.29, 0.717) is 5.82 Å². The summed E-state index contributed by atoms with van der Waals surface area (Å²) in [6, 6.07) is 73.4. The molecule has 0 fully saturated rings. The van der Waals surface area contributed by atoms with Crippen molar-refractivity contribution in [2.24, 2.45) is 0 Å². The molecular formula is C52H34N2. The van der Waals surface area contributed by atoms with Crippen molar-refractivity contribution < 1.29 is 0 Å². The molecule has 0 saturated heterocycles. The van der Waals surface area contributed by atoms with E-state index in [1.165, 1.54) is 60.1 Å². The number of hydrogen-bond acceptors (Lipinski definition) is 2. The Morgan fingerprint density at radius 1 is 0.241 bits per heavy atom. The first kappa shape index (κ1) is 31.6. The third-order valence-corrected chi connectivity index (χ3v) is 10.5. The van der Waals surface area contributed by atoms with Crippen molar-refractivity contribution in [1.82, 2.24) is 9.97 Å². The molecule has 10 rings (SSSR count). The zero-order chi connectivity index (χ0) is 35.8. The van der Waals surface area contributed by atoms with Gasteiger partial charge in [-0.2, -0.15) is 0 Å². The highest BCUT2D eigenvalue weighted by molar-refractivity contribution is 6.20. The highest BCUT2D eigenvalue weighted by Crippen LogP contribution is 2.40. The van der Waals surface area contributed by atoms with E-state index >= 15 is 0 Å². The Kier molecular flexibility index (Phi) is 7.85. The smallest absolute Gasteiger partial charge is 0.160 e. The first-order valence-corrected chi connectivity index (χ1v) is 18.4. The topological polar surface area (TPSA) is 25.8 Å². The summed E-state index contributed by atoms with van der Waals surface area (Å²) >= 11 is 0. The second-order valence-electron chi connectivity index (χ2n) is 13.8. The van der Waals surface area contributed by atoms with Gasteiger partial charge in [0.25, 0.3) is 0 Å². The molecule has 0 aliphatic heterocycles. The zero-order valence-corrected chi connectivity index (χ0v) is 29.5. The van der Waals surface area contributed by atoms with Crippen molar-refractivity contribution in [2.75, 3.05) is 0 Å². The summed E-state index contributed by atoms with van der Waals surface area (Å²) in [5, 5.41) is 7.51. The molecule has 0 aliphatic rings. The predicted octanol–water partition coefficient (Wildman–Crippen LogP) is 13.9. The van der Waals surface area contributed by atoms with E-state index in [1.807, 2.05) is 6.07 Å². The molecule has 0 unspecified atom stereocenters. The van der Waals surface area contributed by atoms with Gasteiger partial charge in [0.15, 0.2) is 5.82 Å². The molecule has 0 saturated carbocycles. The lowest BCUT2D eigenvalue weighted by Crippen LogP contribution is -1.96. The van der Waals surface area contributed by atoms with E-state index in [2.05, 4.69) is 200 Å². The van der Waals surface area contributed by atoms with Gasteiger partial charge in [-0.1, -0.05) is 188 Å². The minimum atomic E-state index is 0.698. The minimum absolute atomic E-state index is 0.698. The van der Waals surface area contributed by atoms with Gasteiger partial charge < -0.3 is 0 Å². The van der Waals surface area contributed by atoms with Gasteiger partial charge in [-0.25, -0.2) is 9.97 Å². The molecule has 0 spiro atoms.